The maximum absolute atomic E-state index is 11.7. The van der Waals surface area contributed by atoms with Gasteiger partial charge >= 0.3 is 0 Å². The van der Waals surface area contributed by atoms with E-state index >= 15 is 0 Å². The summed E-state index contributed by atoms with van der Waals surface area (Å²) in [7, 11) is -3.14. The van der Waals surface area contributed by atoms with Crippen LogP contribution in [0.5, 0.6) is 0 Å². The Kier molecular flexibility index (Phi) is 5.21. The van der Waals surface area contributed by atoms with Crippen molar-refractivity contribution in [1.29, 1.82) is 0 Å². The van der Waals surface area contributed by atoms with Crippen molar-refractivity contribution in [3.63, 3.8) is 0 Å². The van der Waals surface area contributed by atoms with Crippen molar-refractivity contribution in [2.75, 3.05) is 6.26 Å². The summed E-state index contributed by atoms with van der Waals surface area (Å²) in [5.41, 5.74) is 3.55. The van der Waals surface area contributed by atoms with Crippen molar-refractivity contribution < 1.29 is 8.42 Å². The van der Waals surface area contributed by atoms with Crippen LogP contribution in [0.15, 0.2) is 65.7 Å². The zero-order valence-corrected chi connectivity index (χ0v) is 17.1. The van der Waals surface area contributed by atoms with Gasteiger partial charge in [0.2, 0.25) is 0 Å². The molecule has 4 rings (SSSR count). The van der Waals surface area contributed by atoms with Gasteiger partial charge in [0.1, 0.15) is 0 Å². The Labute approximate surface area is 166 Å². The van der Waals surface area contributed by atoms with E-state index in [0.29, 0.717) is 16.9 Å². The topological polar surface area (TPSA) is 59.1 Å². The average Bonchev–Trinajstić information content (AvgIpc) is 3.15. The number of aromatic nitrogens is 1. The van der Waals surface area contributed by atoms with Crippen LogP contribution in [0.4, 0.5) is 0 Å². The summed E-state index contributed by atoms with van der Waals surface area (Å²) in [5, 5.41) is 5.00. The highest BCUT2D eigenvalue weighted by Crippen LogP contribution is 2.36. The first-order valence-corrected chi connectivity index (χ1v) is 11.7. The second-order valence-electron chi connectivity index (χ2n) is 7.85. The lowest BCUT2D eigenvalue weighted by Crippen LogP contribution is -2.29. The van der Waals surface area contributed by atoms with E-state index in [9.17, 15) is 8.42 Å². The van der Waals surface area contributed by atoms with Crippen molar-refractivity contribution in [3.8, 4) is 0 Å². The molecule has 1 unspecified atom stereocenters. The fourth-order valence-electron chi connectivity index (χ4n) is 4.36. The Balaban J connectivity index is 1.44. The summed E-state index contributed by atoms with van der Waals surface area (Å²) in [5.74, 6) is 0.479. The summed E-state index contributed by atoms with van der Waals surface area (Å²) >= 11 is 0. The van der Waals surface area contributed by atoms with Gasteiger partial charge < -0.3 is 5.32 Å². The fraction of sp³-hybridized carbons (Fsp3) is 0.348. The first kappa shape index (κ1) is 19.1. The first-order valence-electron chi connectivity index (χ1n) is 9.81. The minimum Gasteiger partial charge on any atom is -0.307 e. The van der Waals surface area contributed by atoms with Gasteiger partial charge in [-0.1, -0.05) is 30.3 Å². The van der Waals surface area contributed by atoms with Crippen LogP contribution in [-0.2, 0) is 9.84 Å². The Bertz CT molecular complexity index is 1070. The molecule has 0 aliphatic heterocycles. The van der Waals surface area contributed by atoms with Crippen molar-refractivity contribution in [2.24, 2.45) is 0 Å². The number of sulfone groups is 1. The van der Waals surface area contributed by atoms with Crippen molar-refractivity contribution in [3.05, 3.63) is 71.9 Å². The molecule has 0 spiro atoms. The standard InChI is InChI=1S/C23H26N2O2S/c1-16(21-13-14-24-23-6-4-3-5-22(21)23)25-19-10-7-18(15-19)17-8-11-20(12-9-17)28(2,26)27/h3-6,8-9,11-14,16,18-19,25H,7,10,15H2,1-2H3/t16-,18-,19?/m1/s1. The smallest absolute Gasteiger partial charge is 0.175 e. The van der Waals surface area contributed by atoms with Crippen LogP contribution in [0.3, 0.4) is 0 Å². The van der Waals surface area contributed by atoms with Gasteiger partial charge in [0, 0.05) is 29.9 Å². The first-order chi connectivity index (χ1) is 13.4. The van der Waals surface area contributed by atoms with Crippen molar-refractivity contribution in [1.82, 2.24) is 10.3 Å². The highest BCUT2D eigenvalue weighted by atomic mass is 32.2. The molecule has 1 saturated carbocycles. The second kappa shape index (κ2) is 7.64. The van der Waals surface area contributed by atoms with Crippen molar-refractivity contribution >= 4 is 20.7 Å². The van der Waals surface area contributed by atoms with E-state index in [2.05, 4.69) is 41.5 Å². The molecular weight excluding hydrogens is 368 g/mol. The molecule has 3 atom stereocenters. The number of hydrogen-bond donors (Lipinski definition) is 1. The molecule has 3 aromatic rings. The van der Waals surface area contributed by atoms with E-state index in [-0.39, 0.29) is 6.04 Å². The molecule has 1 aliphatic rings. The largest absolute Gasteiger partial charge is 0.307 e. The molecule has 1 aromatic heterocycles. The Hall–Kier alpha value is -2.24. The number of nitrogens with zero attached hydrogens (tertiary/aromatic N) is 1. The average molecular weight is 395 g/mol. The minimum atomic E-state index is -3.14. The molecule has 146 valence electrons. The number of rotatable bonds is 5. The molecule has 1 heterocycles. The van der Waals surface area contributed by atoms with Gasteiger partial charge in [-0.15, -0.1) is 0 Å². The van der Waals surface area contributed by atoms with Gasteiger partial charge in [0.15, 0.2) is 9.84 Å². The number of pyridine rings is 1. The van der Waals surface area contributed by atoms with Crippen LogP contribution < -0.4 is 5.32 Å². The Morgan fingerprint density at radius 3 is 2.54 bits per heavy atom. The van der Waals surface area contributed by atoms with E-state index in [1.54, 1.807) is 12.1 Å². The number of benzene rings is 2. The van der Waals surface area contributed by atoms with E-state index in [0.717, 1.165) is 24.8 Å². The van der Waals surface area contributed by atoms with Gasteiger partial charge in [-0.3, -0.25) is 4.98 Å². The minimum absolute atomic E-state index is 0.254. The molecule has 1 N–H and O–H groups in total. The number of fused-ring (bicyclic) bond motifs is 1. The van der Waals surface area contributed by atoms with Crippen molar-refractivity contribution in [2.45, 2.75) is 49.1 Å². The van der Waals surface area contributed by atoms with Gasteiger partial charge in [-0.2, -0.15) is 0 Å². The summed E-state index contributed by atoms with van der Waals surface area (Å²) < 4.78 is 23.3. The van der Waals surface area contributed by atoms with Gasteiger partial charge in [0.25, 0.3) is 0 Å². The maximum Gasteiger partial charge on any atom is 0.175 e. The molecule has 0 bridgehead atoms. The molecule has 28 heavy (non-hydrogen) atoms. The molecule has 5 heteroatoms. The van der Waals surface area contributed by atoms with Crippen LogP contribution in [0.2, 0.25) is 0 Å². The number of nitrogens with one attached hydrogen (secondary N) is 1. The van der Waals surface area contributed by atoms with Gasteiger partial charge in [-0.05, 0) is 67.5 Å². The lowest BCUT2D eigenvalue weighted by molar-refractivity contribution is 0.459. The Morgan fingerprint density at radius 2 is 1.79 bits per heavy atom. The van der Waals surface area contributed by atoms with Crippen LogP contribution in [0, 0.1) is 0 Å². The molecule has 1 aliphatic carbocycles. The van der Waals surface area contributed by atoms with E-state index in [4.69, 9.17) is 0 Å². The Morgan fingerprint density at radius 1 is 1.04 bits per heavy atom. The molecule has 0 saturated heterocycles. The molecule has 2 aromatic carbocycles. The molecule has 0 amide bonds. The fourth-order valence-corrected chi connectivity index (χ4v) is 4.99. The SMILES string of the molecule is C[C@@H](NC1CC[C@@H](c2ccc(S(C)(=O)=O)cc2)C1)c1ccnc2ccccc12. The highest BCUT2D eigenvalue weighted by molar-refractivity contribution is 7.90. The predicted octanol–water partition coefficient (Wildman–Crippen LogP) is 4.63. The molecule has 4 nitrogen and oxygen atoms in total. The second-order valence-corrected chi connectivity index (χ2v) is 9.87. The number of hydrogen-bond acceptors (Lipinski definition) is 4. The van der Waals surface area contributed by atoms with Gasteiger partial charge in [-0.25, -0.2) is 8.42 Å². The normalized spacial score (nSPS) is 21.1. The van der Waals surface area contributed by atoms with Crippen LogP contribution in [0.1, 0.15) is 49.3 Å². The van der Waals surface area contributed by atoms with E-state index in [1.807, 2.05) is 24.4 Å². The van der Waals surface area contributed by atoms with Crippen LogP contribution >= 0.6 is 0 Å². The van der Waals surface area contributed by atoms with E-state index in [1.165, 1.54) is 22.8 Å². The summed E-state index contributed by atoms with van der Waals surface area (Å²) in [6, 6.07) is 18.5. The lowest BCUT2D eigenvalue weighted by Gasteiger charge is -2.21. The molecule has 1 fully saturated rings. The predicted molar refractivity (Wildman–Crippen MR) is 113 cm³/mol. The maximum atomic E-state index is 11.7. The quantitative estimate of drug-likeness (QED) is 0.686. The van der Waals surface area contributed by atoms with Gasteiger partial charge in [0.05, 0.1) is 10.4 Å². The van der Waals surface area contributed by atoms with Crippen LogP contribution in [-0.4, -0.2) is 25.7 Å². The zero-order chi connectivity index (χ0) is 19.7. The third kappa shape index (κ3) is 3.96. The van der Waals surface area contributed by atoms with Crippen LogP contribution in [0.25, 0.3) is 10.9 Å². The summed E-state index contributed by atoms with van der Waals surface area (Å²) in [4.78, 5) is 4.85. The summed E-state index contributed by atoms with van der Waals surface area (Å²) in [6.07, 6.45) is 6.47. The summed E-state index contributed by atoms with van der Waals surface area (Å²) in [6.45, 7) is 2.22. The highest BCUT2D eigenvalue weighted by Gasteiger charge is 2.27. The third-order valence-electron chi connectivity index (χ3n) is 5.85. The third-order valence-corrected chi connectivity index (χ3v) is 6.98. The number of para-hydroxylation sites is 1. The van der Waals surface area contributed by atoms with E-state index < -0.39 is 9.84 Å². The molecule has 0 radical (unpaired) electrons. The zero-order valence-electron chi connectivity index (χ0n) is 16.3. The monoisotopic (exact) mass is 394 g/mol. The lowest BCUT2D eigenvalue weighted by atomic mass is 9.97. The molecular formula is C23H26N2O2S.